The molecule has 2 heteroatoms. The van der Waals surface area contributed by atoms with Gasteiger partial charge in [-0.1, -0.05) is 32.8 Å². The van der Waals surface area contributed by atoms with Gasteiger partial charge >= 0.3 is 0 Å². The van der Waals surface area contributed by atoms with E-state index in [-0.39, 0.29) is 0 Å². The van der Waals surface area contributed by atoms with Gasteiger partial charge < -0.3 is 9.88 Å². The lowest BCUT2D eigenvalue weighted by atomic mass is 10.1. The van der Waals surface area contributed by atoms with Gasteiger partial charge in [0, 0.05) is 35.9 Å². The summed E-state index contributed by atoms with van der Waals surface area (Å²) >= 11 is 0. The van der Waals surface area contributed by atoms with Crippen LogP contribution in [0.3, 0.4) is 0 Å². The van der Waals surface area contributed by atoms with E-state index in [9.17, 15) is 0 Å². The van der Waals surface area contributed by atoms with E-state index in [0.29, 0.717) is 0 Å². The van der Waals surface area contributed by atoms with E-state index in [2.05, 4.69) is 48.0 Å². The Labute approximate surface area is 110 Å². The van der Waals surface area contributed by atoms with Crippen LogP contribution in [0.5, 0.6) is 0 Å². The largest absolute Gasteiger partial charge is 0.371 e. The second-order valence-electron chi connectivity index (χ2n) is 4.91. The molecule has 0 aliphatic carbocycles. The van der Waals surface area contributed by atoms with Crippen molar-refractivity contribution >= 4 is 16.6 Å². The zero-order chi connectivity index (χ0) is 12.8. The smallest absolute Gasteiger partial charge is 0.0474 e. The molecule has 0 amide bonds. The highest BCUT2D eigenvalue weighted by atomic mass is 15.1. The van der Waals surface area contributed by atoms with E-state index >= 15 is 0 Å². The van der Waals surface area contributed by atoms with Crippen LogP contribution in [0.15, 0.2) is 30.5 Å². The normalized spacial score (nSPS) is 11.0. The van der Waals surface area contributed by atoms with Gasteiger partial charge in [-0.15, -0.1) is 0 Å². The first-order valence-corrected chi connectivity index (χ1v) is 7.17. The van der Waals surface area contributed by atoms with Crippen molar-refractivity contribution in [1.29, 1.82) is 0 Å². The summed E-state index contributed by atoms with van der Waals surface area (Å²) in [6.07, 6.45) is 7.08. The van der Waals surface area contributed by atoms with Crippen molar-refractivity contribution in [1.82, 2.24) is 4.98 Å². The molecule has 0 aliphatic heterocycles. The van der Waals surface area contributed by atoms with E-state index in [1.165, 1.54) is 55.4 Å². The van der Waals surface area contributed by atoms with Crippen molar-refractivity contribution < 1.29 is 0 Å². The number of aromatic amines is 1. The van der Waals surface area contributed by atoms with Gasteiger partial charge in [0.05, 0.1) is 0 Å². The van der Waals surface area contributed by atoms with Crippen molar-refractivity contribution in [3.8, 4) is 0 Å². The highest BCUT2D eigenvalue weighted by molar-refractivity contribution is 5.92. The Kier molecular flexibility index (Phi) is 4.68. The number of benzene rings is 1. The topological polar surface area (TPSA) is 19.0 Å². The quantitative estimate of drug-likeness (QED) is 0.755. The molecule has 0 atom stereocenters. The molecule has 0 aliphatic rings. The first-order valence-electron chi connectivity index (χ1n) is 7.17. The summed E-state index contributed by atoms with van der Waals surface area (Å²) in [6.45, 7) is 6.85. The molecular formula is C16H24N2. The number of aromatic nitrogens is 1. The predicted molar refractivity (Wildman–Crippen MR) is 80.3 cm³/mol. The molecule has 2 rings (SSSR count). The zero-order valence-corrected chi connectivity index (χ0v) is 11.6. The minimum atomic E-state index is 1.17. The van der Waals surface area contributed by atoms with Crippen LogP contribution in [0.25, 0.3) is 10.9 Å². The fourth-order valence-electron chi connectivity index (χ4n) is 2.40. The molecule has 18 heavy (non-hydrogen) atoms. The molecule has 2 aromatic rings. The molecule has 0 spiro atoms. The molecule has 98 valence electrons. The standard InChI is InChI=1S/C16H24N2/c1-3-5-12-18(13-6-4-2)16-9-7-8-15-14(16)10-11-17-15/h7-11,17H,3-6,12-13H2,1-2H3. The highest BCUT2D eigenvalue weighted by Gasteiger charge is 2.09. The first-order chi connectivity index (χ1) is 8.86. The molecule has 0 fully saturated rings. The summed E-state index contributed by atoms with van der Waals surface area (Å²) in [5, 5.41) is 1.35. The molecule has 1 N–H and O–H groups in total. The Morgan fingerprint density at radius 3 is 2.39 bits per heavy atom. The third-order valence-corrected chi connectivity index (χ3v) is 3.48. The van der Waals surface area contributed by atoms with Crippen LogP contribution in [0.1, 0.15) is 39.5 Å². The van der Waals surface area contributed by atoms with Crippen LogP contribution < -0.4 is 4.90 Å². The molecular weight excluding hydrogens is 220 g/mol. The second kappa shape index (κ2) is 6.48. The number of fused-ring (bicyclic) bond motifs is 1. The van der Waals surface area contributed by atoms with Gasteiger partial charge in [0.25, 0.3) is 0 Å². The first kappa shape index (κ1) is 13.0. The maximum atomic E-state index is 3.30. The van der Waals surface area contributed by atoms with E-state index in [1.54, 1.807) is 0 Å². The molecule has 1 heterocycles. The number of hydrogen-bond donors (Lipinski definition) is 1. The molecule has 1 aromatic heterocycles. The Bertz CT molecular complexity index is 465. The van der Waals surface area contributed by atoms with Gasteiger partial charge in [-0.2, -0.15) is 0 Å². The number of rotatable bonds is 7. The predicted octanol–water partition coefficient (Wildman–Crippen LogP) is 4.57. The fraction of sp³-hybridized carbons (Fsp3) is 0.500. The number of anilines is 1. The molecule has 2 nitrogen and oxygen atoms in total. The Morgan fingerprint density at radius 2 is 1.72 bits per heavy atom. The van der Waals surface area contributed by atoms with E-state index in [0.717, 1.165) is 0 Å². The van der Waals surface area contributed by atoms with Crippen molar-refractivity contribution in [3.05, 3.63) is 30.5 Å². The Hall–Kier alpha value is -1.44. The minimum absolute atomic E-state index is 1.17. The van der Waals surface area contributed by atoms with Crippen LogP contribution in [0, 0.1) is 0 Å². The molecule has 0 unspecified atom stereocenters. The summed E-state index contributed by atoms with van der Waals surface area (Å²) in [7, 11) is 0. The van der Waals surface area contributed by atoms with E-state index in [1.807, 2.05) is 6.20 Å². The van der Waals surface area contributed by atoms with Crippen LogP contribution >= 0.6 is 0 Å². The SMILES string of the molecule is CCCCN(CCCC)c1cccc2[nH]ccc12. The highest BCUT2D eigenvalue weighted by Crippen LogP contribution is 2.26. The molecule has 0 saturated carbocycles. The molecule has 0 radical (unpaired) electrons. The molecule has 0 bridgehead atoms. The summed E-state index contributed by atoms with van der Waals surface area (Å²) in [4.78, 5) is 5.85. The average Bonchev–Trinajstić information content (AvgIpc) is 2.87. The van der Waals surface area contributed by atoms with Gasteiger partial charge in [-0.3, -0.25) is 0 Å². The summed E-state index contributed by atoms with van der Waals surface area (Å²) in [6, 6.07) is 8.74. The number of nitrogens with zero attached hydrogens (tertiary/aromatic N) is 1. The van der Waals surface area contributed by atoms with Gasteiger partial charge in [-0.05, 0) is 31.0 Å². The second-order valence-corrected chi connectivity index (χ2v) is 4.91. The molecule has 1 aromatic carbocycles. The summed E-state index contributed by atoms with van der Waals surface area (Å²) < 4.78 is 0. The number of unbranched alkanes of at least 4 members (excludes halogenated alkanes) is 2. The van der Waals surface area contributed by atoms with E-state index < -0.39 is 0 Å². The third kappa shape index (κ3) is 2.87. The number of hydrogen-bond acceptors (Lipinski definition) is 1. The van der Waals surface area contributed by atoms with E-state index in [4.69, 9.17) is 0 Å². The Balaban J connectivity index is 2.24. The monoisotopic (exact) mass is 244 g/mol. The lowest BCUT2D eigenvalue weighted by molar-refractivity contribution is 0.679. The Morgan fingerprint density at radius 1 is 1.00 bits per heavy atom. The van der Waals surface area contributed by atoms with Gasteiger partial charge in [0.15, 0.2) is 0 Å². The van der Waals surface area contributed by atoms with Crippen molar-refractivity contribution in [2.75, 3.05) is 18.0 Å². The lowest BCUT2D eigenvalue weighted by Crippen LogP contribution is -2.25. The fourth-order valence-corrected chi connectivity index (χ4v) is 2.40. The minimum Gasteiger partial charge on any atom is -0.371 e. The summed E-state index contributed by atoms with van der Waals surface area (Å²) in [5.41, 5.74) is 2.63. The van der Waals surface area contributed by atoms with Gasteiger partial charge in [0.2, 0.25) is 0 Å². The van der Waals surface area contributed by atoms with Crippen molar-refractivity contribution in [2.24, 2.45) is 0 Å². The van der Waals surface area contributed by atoms with Crippen LogP contribution in [-0.4, -0.2) is 18.1 Å². The maximum Gasteiger partial charge on any atom is 0.0474 e. The lowest BCUT2D eigenvalue weighted by Gasteiger charge is -2.25. The number of H-pyrrole nitrogens is 1. The van der Waals surface area contributed by atoms with Crippen molar-refractivity contribution in [3.63, 3.8) is 0 Å². The van der Waals surface area contributed by atoms with Gasteiger partial charge in [-0.25, -0.2) is 0 Å². The van der Waals surface area contributed by atoms with Crippen molar-refractivity contribution in [2.45, 2.75) is 39.5 Å². The van der Waals surface area contributed by atoms with Crippen LogP contribution in [-0.2, 0) is 0 Å². The van der Waals surface area contributed by atoms with Crippen LogP contribution in [0.4, 0.5) is 5.69 Å². The molecule has 0 saturated heterocycles. The van der Waals surface area contributed by atoms with Gasteiger partial charge in [0.1, 0.15) is 0 Å². The van der Waals surface area contributed by atoms with Crippen LogP contribution in [0.2, 0.25) is 0 Å². The third-order valence-electron chi connectivity index (χ3n) is 3.48. The summed E-state index contributed by atoms with van der Waals surface area (Å²) in [5.74, 6) is 0. The maximum absolute atomic E-state index is 3.30. The zero-order valence-electron chi connectivity index (χ0n) is 11.6. The number of nitrogens with one attached hydrogen (secondary N) is 1. The average molecular weight is 244 g/mol.